The second-order valence-corrected chi connectivity index (χ2v) is 8.15. The summed E-state index contributed by atoms with van der Waals surface area (Å²) in [5, 5.41) is 8.91. The number of hydrogen-bond acceptors (Lipinski definition) is 5. The van der Waals surface area contributed by atoms with Crippen LogP contribution in [-0.4, -0.2) is 54.5 Å². The van der Waals surface area contributed by atoms with Crippen LogP contribution in [0, 0.1) is 6.92 Å². The van der Waals surface area contributed by atoms with Gasteiger partial charge in [0, 0.05) is 50.5 Å². The molecule has 0 unspecified atom stereocenters. The van der Waals surface area contributed by atoms with Crippen molar-refractivity contribution in [3.8, 4) is 0 Å². The molecule has 8 heteroatoms. The summed E-state index contributed by atoms with van der Waals surface area (Å²) in [6, 6.07) is 2.27. The Balaban J connectivity index is 0.00000225. The quantitative estimate of drug-likeness (QED) is 0.397. The van der Waals surface area contributed by atoms with Gasteiger partial charge in [-0.05, 0) is 30.4 Å². The molecule has 1 N–H and O–H groups in total. The van der Waals surface area contributed by atoms with Gasteiger partial charge in [0.1, 0.15) is 0 Å². The summed E-state index contributed by atoms with van der Waals surface area (Å²) >= 11 is 3.59. The Morgan fingerprint density at radius 3 is 3.00 bits per heavy atom. The molecule has 2 aromatic rings. The molecule has 0 amide bonds. The summed E-state index contributed by atoms with van der Waals surface area (Å²) in [7, 11) is 3.90. The van der Waals surface area contributed by atoms with Crippen LogP contribution in [0.3, 0.4) is 0 Å². The van der Waals surface area contributed by atoms with Gasteiger partial charge in [0.15, 0.2) is 5.96 Å². The van der Waals surface area contributed by atoms with Crippen LogP contribution in [0.4, 0.5) is 0 Å². The van der Waals surface area contributed by atoms with E-state index in [1.807, 2.05) is 25.3 Å². The average Bonchev–Trinajstić information content (AvgIpc) is 3.19. The number of guanidine groups is 1. The summed E-state index contributed by atoms with van der Waals surface area (Å²) < 4.78 is 0. The van der Waals surface area contributed by atoms with Crippen molar-refractivity contribution in [2.24, 2.45) is 4.99 Å². The van der Waals surface area contributed by atoms with Crippen molar-refractivity contribution in [3.05, 3.63) is 38.0 Å². The summed E-state index contributed by atoms with van der Waals surface area (Å²) in [6.07, 6.45) is 1.19. The van der Waals surface area contributed by atoms with Crippen LogP contribution < -0.4 is 5.32 Å². The number of nitrogens with zero attached hydrogens (tertiary/aromatic N) is 4. The van der Waals surface area contributed by atoms with E-state index in [2.05, 4.69) is 49.0 Å². The molecule has 0 atom stereocenters. The summed E-state index contributed by atoms with van der Waals surface area (Å²) in [5.74, 6) is 0.925. The number of aromatic nitrogens is 1. The van der Waals surface area contributed by atoms with Crippen molar-refractivity contribution in [1.82, 2.24) is 20.1 Å². The Hall–Kier alpha value is -0.710. The highest BCUT2D eigenvalue weighted by atomic mass is 127. The van der Waals surface area contributed by atoms with Crippen LogP contribution in [0.15, 0.2) is 21.8 Å². The third kappa shape index (κ3) is 5.63. The highest BCUT2D eigenvalue weighted by molar-refractivity contribution is 14.0. The molecular weight excluding hydrogens is 465 g/mol. The van der Waals surface area contributed by atoms with E-state index in [9.17, 15) is 0 Å². The van der Waals surface area contributed by atoms with E-state index in [-0.39, 0.29) is 24.0 Å². The van der Waals surface area contributed by atoms with Gasteiger partial charge in [-0.1, -0.05) is 0 Å². The zero-order valence-corrected chi connectivity index (χ0v) is 19.0. The van der Waals surface area contributed by atoms with Crippen LogP contribution in [-0.2, 0) is 19.5 Å². The molecule has 0 aromatic carbocycles. The van der Waals surface area contributed by atoms with E-state index in [1.54, 1.807) is 16.2 Å². The zero-order chi connectivity index (χ0) is 16.9. The summed E-state index contributed by atoms with van der Waals surface area (Å²) in [4.78, 5) is 15.1. The maximum absolute atomic E-state index is 4.52. The minimum absolute atomic E-state index is 0. The predicted molar refractivity (Wildman–Crippen MR) is 118 cm³/mol. The number of halogens is 1. The molecule has 5 nitrogen and oxygen atoms in total. The van der Waals surface area contributed by atoms with Gasteiger partial charge in [-0.25, -0.2) is 4.98 Å². The standard InChI is InChI=1S/C17H25N5S2.HI/c1-13-20-15(12-24-13)11-21(3)17(18-2)19-6-8-22-7-4-16-14(10-22)5-9-23-16;/h5,9,12H,4,6-8,10-11H2,1-3H3,(H,18,19);1H. The summed E-state index contributed by atoms with van der Waals surface area (Å²) in [6.45, 7) is 7.00. The number of aliphatic imine (C=N–C) groups is 1. The topological polar surface area (TPSA) is 43.8 Å². The van der Waals surface area contributed by atoms with E-state index in [4.69, 9.17) is 0 Å². The van der Waals surface area contributed by atoms with Gasteiger partial charge >= 0.3 is 0 Å². The SMILES string of the molecule is CN=C(NCCN1CCc2sccc2C1)N(C)Cc1csc(C)n1.I. The molecule has 0 aliphatic carbocycles. The van der Waals surface area contributed by atoms with Gasteiger partial charge in [0.2, 0.25) is 0 Å². The highest BCUT2D eigenvalue weighted by Gasteiger charge is 2.17. The molecule has 1 aliphatic heterocycles. The minimum Gasteiger partial charge on any atom is -0.355 e. The first-order valence-electron chi connectivity index (χ1n) is 8.26. The van der Waals surface area contributed by atoms with Crippen LogP contribution in [0.1, 0.15) is 21.1 Å². The Labute approximate surface area is 175 Å². The zero-order valence-electron chi connectivity index (χ0n) is 15.0. The lowest BCUT2D eigenvalue weighted by Gasteiger charge is -2.28. The Morgan fingerprint density at radius 1 is 1.44 bits per heavy atom. The molecule has 2 aromatic heterocycles. The maximum atomic E-state index is 4.52. The lowest BCUT2D eigenvalue weighted by Crippen LogP contribution is -2.43. The van der Waals surface area contributed by atoms with Crippen LogP contribution in [0.2, 0.25) is 0 Å². The molecular formula is C17H26IN5S2. The number of thiazole rings is 1. The smallest absolute Gasteiger partial charge is 0.193 e. The van der Waals surface area contributed by atoms with Crippen LogP contribution >= 0.6 is 46.7 Å². The molecule has 0 fully saturated rings. The monoisotopic (exact) mass is 491 g/mol. The minimum atomic E-state index is 0. The van der Waals surface area contributed by atoms with Gasteiger partial charge in [-0.3, -0.25) is 9.89 Å². The number of aryl methyl sites for hydroxylation is 1. The molecule has 138 valence electrons. The predicted octanol–water partition coefficient (Wildman–Crippen LogP) is 3.20. The van der Waals surface area contributed by atoms with Crippen molar-refractivity contribution in [1.29, 1.82) is 0 Å². The van der Waals surface area contributed by atoms with Gasteiger partial charge < -0.3 is 10.2 Å². The molecule has 0 saturated heterocycles. The van der Waals surface area contributed by atoms with Crippen molar-refractivity contribution >= 4 is 52.6 Å². The molecule has 0 radical (unpaired) electrons. The summed E-state index contributed by atoms with van der Waals surface area (Å²) in [5.41, 5.74) is 2.61. The fraction of sp³-hybridized carbons (Fsp3) is 0.529. The van der Waals surface area contributed by atoms with E-state index in [0.717, 1.165) is 49.4 Å². The molecule has 0 bridgehead atoms. The molecule has 3 heterocycles. The van der Waals surface area contributed by atoms with Gasteiger partial charge in [0.05, 0.1) is 17.2 Å². The average molecular weight is 491 g/mol. The second kappa shape index (κ2) is 9.84. The molecule has 0 spiro atoms. The Morgan fingerprint density at radius 2 is 2.28 bits per heavy atom. The van der Waals surface area contributed by atoms with E-state index in [0.29, 0.717) is 0 Å². The number of hydrogen-bond donors (Lipinski definition) is 1. The third-order valence-electron chi connectivity index (χ3n) is 4.24. The first-order chi connectivity index (χ1) is 11.7. The lowest BCUT2D eigenvalue weighted by molar-refractivity contribution is 0.259. The number of rotatable bonds is 5. The largest absolute Gasteiger partial charge is 0.355 e. The van der Waals surface area contributed by atoms with Crippen molar-refractivity contribution in [3.63, 3.8) is 0 Å². The lowest BCUT2D eigenvalue weighted by atomic mass is 10.1. The highest BCUT2D eigenvalue weighted by Crippen LogP contribution is 2.23. The van der Waals surface area contributed by atoms with Crippen LogP contribution in [0.25, 0.3) is 0 Å². The van der Waals surface area contributed by atoms with Crippen LogP contribution in [0.5, 0.6) is 0 Å². The Bertz CT molecular complexity index is 697. The fourth-order valence-corrected chi connectivity index (χ4v) is 4.50. The fourth-order valence-electron chi connectivity index (χ4n) is 3.01. The van der Waals surface area contributed by atoms with Crippen molar-refractivity contribution in [2.45, 2.75) is 26.4 Å². The van der Waals surface area contributed by atoms with Gasteiger partial charge in [-0.2, -0.15) is 0 Å². The first kappa shape index (κ1) is 20.6. The first-order valence-corrected chi connectivity index (χ1v) is 10.0. The van der Waals surface area contributed by atoms with Gasteiger partial charge in [0.25, 0.3) is 0 Å². The maximum Gasteiger partial charge on any atom is 0.193 e. The van der Waals surface area contributed by atoms with E-state index >= 15 is 0 Å². The Kier molecular flexibility index (Phi) is 8.11. The molecule has 25 heavy (non-hydrogen) atoms. The second-order valence-electron chi connectivity index (χ2n) is 6.08. The molecule has 0 saturated carbocycles. The van der Waals surface area contributed by atoms with Gasteiger partial charge in [-0.15, -0.1) is 46.7 Å². The molecule has 1 aliphatic rings. The third-order valence-corrected chi connectivity index (χ3v) is 6.08. The molecule has 3 rings (SSSR count). The number of fused-ring (bicyclic) bond motifs is 1. The van der Waals surface area contributed by atoms with E-state index in [1.165, 1.54) is 12.0 Å². The number of thiophene rings is 1. The van der Waals surface area contributed by atoms with Crippen molar-refractivity contribution in [2.75, 3.05) is 33.7 Å². The van der Waals surface area contributed by atoms with Crippen molar-refractivity contribution < 1.29 is 0 Å². The number of nitrogens with one attached hydrogen (secondary N) is 1. The normalized spacial score (nSPS) is 14.8. The van der Waals surface area contributed by atoms with E-state index < -0.39 is 0 Å².